The van der Waals surface area contributed by atoms with Crippen molar-refractivity contribution in [2.24, 2.45) is 0 Å². The van der Waals surface area contributed by atoms with Crippen molar-refractivity contribution in [1.29, 1.82) is 0 Å². The van der Waals surface area contributed by atoms with Gasteiger partial charge in [-0.3, -0.25) is 0 Å². The molecule has 1 heterocycles. The van der Waals surface area contributed by atoms with Gasteiger partial charge < -0.3 is 14.6 Å². The minimum Gasteiger partial charge on any atom is -0.380 e. The second-order valence-electron chi connectivity index (χ2n) is 2.76. The third-order valence-corrected chi connectivity index (χ3v) is 1.82. The van der Waals surface area contributed by atoms with Crippen LogP contribution in [0.3, 0.4) is 0 Å². The molecule has 1 N–H and O–H groups in total. The van der Waals surface area contributed by atoms with Crippen LogP contribution in [0.25, 0.3) is 0 Å². The molecule has 0 saturated heterocycles. The number of aromatic nitrogens is 2. The third-order valence-electron chi connectivity index (χ3n) is 1.82. The van der Waals surface area contributed by atoms with Crippen molar-refractivity contribution in [2.45, 2.75) is 20.0 Å². The van der Waals surface area contributed by atoms with Gasteiger partial charge in [0, 0.05) is 25.5 Å². The van der Waals surface area contributed by atoms with Gasteiger partial charge in [-0.1, -0.05) is 0 Å². The lowest BCUT2D eigenvalue weighted by molar-refractivity contribution is 0.138. The molecular weight excluding hydrogens is 166 g/mol. The molecule has 0 aromatic carbocycles. The van der Waals surface area contributed by atoms with Crippen molar-refractivity contribution in [3.63, 3.8) is 0 Å². The van der Waals surface area contributed by atoms with E-state index in [1.54, 1.807) is 0 Å². The standard InChI is InChI=1S/C9H17N3O/c1-3-13-7-6-12-5-4-11-9(12)8-10-2/h4-5,10H,3,6-8H2,1-2H3. The largest absolute Gasteiger partial charge is 0.380 e. The normalized spacial score (nSPS) is 10.6. The summed E-state index contributed by atoms with van der Waals surface area (Å²) in [4.78, 5) is 4.23. The molecule has 0 aliphatic rings. The fourth-order valence-corrected chi connectivity index (χ4v) is 1.18. The lowest BCUT2D eigenvalue weighted by atomic mass is 10.5. The zero-order valence-electron chi connectivity index (χ0n) is 8.29. The van der Waals surface area contributed by atoms with E-state index in [9.17, 15) is 0 Å². The minimum absolute atomic E-state index is 0.754. The van der Waals surface area contributed by atoms with Crippen molar-refractivity contribution < 1.29 is 4.74 Å². The highest BCUT2D eigenvalue weighted by Gasteiger charge is 1.99. The zero-order valence-corrected chi connectivity index (χ0v) is 8.29. The predicted molar refractivity (Wildman–Crippen MR) is 51.5 cm³/mol. The number of nitrogens with one attached hydrogen (secondary N) is 1. The Balaban J connectivity index is 2.40. The minimum atomic E-state index is 0.754. The van der Waals surface area contributed by atoms with Gasteiger partial charge in [0.15, 0.2) is 0 Å². The van der Waals surface area contributed by atoms with Crippen LogP contribution in [0.4, 0.5) is 0 Å². The molecule has 0 amide bonds. The predicted octanol–water partition coefficient (Wildman–Crippen LogP) is 0.639. The average Bonchev–Trinajstić information content (AvgIpc) is 2.54. The number of rotatable bonds is 6. The smallest absolute Gasteiger partial charge is 0.122 e. The van der Waals surface area contributed by atoms with Crippen molar-refractivity contribution in [3.8, 4) is 0 Å². The summed E-state index contributed by atoms with van der Waals surface area (Å²) in [5.74, 6) is 1.06. The summed E-state index contributed by atoms with van der Waals surface area (Å²) < 4.78 is 7.37. The van der Waals surface area contributed by atoms with Crippen LogP contribution in [0.5, 0.6) is 0 Å². The summed E-state index contributed by atoms with van der Waals surface area (Å²) in [5, 5.41) is 3.08. The van der Waals surface area contributed by atoms with Gasteiger partial charge in [-0.25, -0.2) is 4.98 Å². The summed E-state index contributed by atoms with van der Waals surface area (Å²) in [5.41, 5.74) is 0. The lowest BCUT2D eigenvalue weighted by Gasteiger charge is -2.06. The fourth-order valence-electron chi connectivity index (χ4n) is 1.18. The van der Waals surface area contributed by atoms with E-state index >= 15 is 0 Å². The van der Waals surface area contributed by atoms with Gasteiger partial charge in [0.05, 0.1) is 13.2 Å². The maximum atomic E-state index is 5.27. The Labute approximate surface area is 78.9 Å². The van der Waals surface area contributed by atoms with Gasteiger partial charge in [-0.05, 0) is 14.0 Å². The molecule has 1 aromatic heterocycles. The molecule has 0 spiro atoms. The zero-order chi connectivity index (χ0) is 9.52. The lowest BCUT2D eigenvalue weighted by Crippen LogP contribution is -2.14. The molecule has 0 aliphatic carbocycles. The first-order chi connectivity index (χ1) is 6.38. The highest BCUT2D eigenvalue weighted by atomic mass is 16.5. The fraction of sp³-hybridized carbons (Fsp3) is 0.667. The first kappa shape index (κ1) is 10.2. The average molecular weight is 183 g/mol. The van der Waals surface area contributed by atoms with Gasteiger partial charge in [0.2, 0.25) is 0 Å². The molecule has 4 nitrogen and oxygen atoms in total. The van der Waals surface area contributed by atoms with E-state index in [-0.39, 0.29) is 0 Å². The Morgan fingerprint density at radius 3 is 3.15 bits per heavy atom. The molecule has 0 bridgehead atoms. The summed E-state index contributed by atoms with van der Waals surface area (Å²) in [6.45, 7) is 5.21. The number of hydrogen-bond donors (Lipinski definition) is 1. The van der Waals surface area contributed by atoms with Crippen LogP contribution in [0, 0.1) is 0 Å². The van der Waals surface area contributed by atoms with Crippen LogP contribution < -0.4 is 5.32 Å². The van der Waals surface area contributed by atoms with Crippen LogP contribution >= 0.6 is 0 Å². The molecule has 0 fully saturated rings. The van der Waals surface area contributed by atoms with Gasteiger partial charge in [-0.2, -0.15) is 0 Å². The maximum Gasteiger partial charge on any atom is 0.122 e. The van der Waals surface area contributed by atoms with E-state index < -0.39 is 0 Å². The monoisotopic (exact) mass is 183 g/mol. The Kier molecular flexibility index (Phi) is 4.49. The van der Waals surface area contributed by atoms with Crippen molar-refractivity contribution >= 4 is 0 Å². The SMILES string of the molecule is CCOCCn1ccnc1CNC. The van der Waals surface area contributed by atoms with E-state index in [1.807, 2.05) is 26.4 Å². The molecule has 1 rings (SSSR count). The molecule has 0 atom stereocenters. The Hall–Kier alpha value is -0.870. The van der Waals surface area contributed by atoms with E-state index in [2.05, 4.69) is 14.9 Å². The van der Waals surface area contributed by atoms with Crippen LogP contribution in [-0.2, 0) is 17.8 Å². The second kappa shape index (κ2) is 5.72. The van der Waals surface area contributed by atoms with E-state index in [0.29, 0.717) is 0 Å². The molecule has 0 unspecified atom stereocenters. The van der Waals surface area contributed by atoms with E-state index in [1.165, 1.54) is 0 Å². The molecule has 0 aliphatic heterocycles. The van der Waals surface area contributed by atoms with E-state index in [0.717, 1.165) is 32.1 Å². The van der Waals surface area contributed by atoms with Gasteiger partial charge in [0.25, 0.3) is 0 Å². The summed E-state index contributed by atoms with van der Waals surface area (Å²) in [6.07, 6.45) is 3.80. The third kappa shape index (κ3) is 3.16. The molecule has 0 saturated carbocycles. The van der Waals surface area contributed by atoms with Crippen LogP contribution in [0.15, 0.2) is 12.4 Å². The Morgan fingerprint density at radius 1 is 1.62 bits per heavy atom. The van der Waals surface area contributed by atoms with Gasteiger partial charge >= 0.3 is 0 Å². The van der Waals surface area contributed by atoms with Gasteiger partial charge in [-0.15, -0.1) is 0 Å². The molecule has 0 radical (unpaired) electrons. The molecule has 13 heavy (non-hydrogen) atoms. The van der Waals surface area contributed by atoms with Crippen molar-refractivity contribution in [1.82, 2.24) is 14.9 Å². The second-order valence-corrected chi connectivity index (χ2v) is 2.76. The number of nitrogens with zero attached hydrogens (tertiary/aromatic N) is 2. The Bertz CT molecular complexity index is 235. The topological polar surface area (TPSA) is 39.1 Å². The first-order valence-electron chi connectivity index (χ1n) is 4.60. The van der Waals surface area contributed by atoms with Crippen molar-refractivity contribution in [2.75, 3.05) is 20.3 Å². The summed E-state index contributed by atoms with van der Waals surface area (Å²) in [7, 11) is 1.92. The summed E-state index contributed by atoms with van der Waals surface area (Å²) >= 11 is 0. The van der Waals surface area contributed by atoms with Crippen molar-refractivity contribution in [3.05, 3.63) is 18.2 Å². The van der Waals surface area contributed by atoms with Crippen LogP contribution in [-0.4, -0.2) is 29.8 Å². The van der Waals surface area contributed by atoms with Crippen LogP contribution in [0.2, 0.25) is 0 Å². The van der Waals surface area contributed by atoms with Crippen LogP contribution in [0.1, 0.15) is 12.7 Å². The van der Waals surface area contributed by atoms with E-state index in [4.69, 9.17) is 4.74 Å². The molecule has 74 valence electrons. The molecule has 1 aromatic rings. The number of ether oxygens (including phenoxy) is 1. The van der Waals surface area contributed by atoms with Gasteiger partial charge in [0.1, 0.15) is 5.82 Å². The maximum absolute atomic E-state index is 5.27. The number of hydrogen-bond acceptors (Lipinski definition) is 3. The highest BCUT2D eigenvalue weighted by Crippen LogP contribution is 1.96. The number of imidazole rings is 1. The molecule has 4 heteroatoms. The quantitative estimate of drug-likeness (QED) is 0.658. The summed E-state index contributed by atoms with van der Waals surface area (Å²) in [6, 6.07) is 0. The Morgan fingerprint density at radius 2 is 2.46 bits per heavy atom. The molecular formula is C9H17N3O. The first-order valence-corrected chi connectivity index (χ1v) is 4.60. The highest BCUT2D eigenvalue weighted by molar-refractivity contribution is 4.91.